The Bertz CT molecular complexity index is 29.4. The fourth-order valence-corrected chi connectivity index (χ4v) is 0.486. The minimum atomic E-state index is 0.977. The molecule has 0 spiro atoms. The first-order valence-electron chi connectivity index (χ1n) is 3.08. The molecule has 0 bridgehead atoms. The van der Waals surface area contributed by atoms with Crippen molar-refractivity contribution in [3.63, 3.8) is 0 Å². The van der Waals surface area contributed by atoms with E-state index >= 15 is 0 Å². The molecular formula is C7H14O. The topological polar surface area (TPSA) is 9.23 Å². The van der Waals surface area contributed by atoms with Gasteiger partial charge < -0.3 is 4.74 Å². The van der Waals surface area contributed by atoms with Gasteiger partial charge in [0.25, 0.3) is 0 Å². The highest BCUT2D eigenvalue weighted by molar-refractivity contribution is 4.67. The van der Waals surface area contributed by atoms with E-state index in [1.54, 1.807) is 13.7 Å². The van der Waals surface area contributed by atoms with E-state index in [0.29, 0.717) is 0 Å². The molecule has 1 nitrogen and oxygen atoms in total. The first kappa shape index (κ1) is 7.96. The maximum atomic E-state index is 4.73. The molecule has 8 heavy (non-hydrogen) atoms. The summed E-state index contributed by atoms with van der Waals surface area (Å²) in [5.41, 5.74) is 0. The highest BCUT2D eigenvalue weighted by atomic mass is 16.5. The van der Waals surface area contributed by atoms with Crippen LogP contribution in [0, 0.1) is 13.0 Å². The van der Waals surface area contributed by atoms with Gasteiger partial charge >= 0.3 is 0 Å². The zero-order valence-electron chi connectivity index (χ0n) is 5.68. The quantitative estimate of drug-likeness (QED) is 0.498. The lowest BCUT2D eigenvalue weighted by atomic mass is 10.2. The average molecular weight is 114 g/mol. The van der Waals surface area contributed by atoms with Crippen LogP contribution in [-0.2, 0) is 4.74 Å². The lowest BCUT2D eigenvalue weighted by Gasteiger charge is -1.93. The van der Waals surface area contributed by atoms with Crippen LogP contribution in [0.4, 0.5) is 0 Å². The van der Waals surface area contributed by atoms with Crippen molar-refractivity contribution in [2.45, 2.75) is 26.2 Å². The highest BCUT2D eigenvalue weighted by Gasteiger charge is 1.84. The molecule has 0 aromatic heterocycles. The van der Waals surface area contributed by atoms with Crippen LogP contribution in [0.5, 0.6) is 0 Å². The number of ether oxygens (including phenoxy) is 1. The number of unbranched alkanes of at least 4 members (excludes halogenated alkanes) is 3. The summed E-state index contributed by atoms with van der Waals surface area (Å²) in [5.74, 6) is 0. The first-order chi connectivity index (χ1) is 3.91. The van der Waals surface area contributed by atoms with E-state index in [2.05, 4.69) is 13.3 Å². The van der Waals surface area contributed by atoms with E-state index in [9.17, 15) is 0 Å². The number of hydrogen-bond donors (Lipinski definition) is 0. The minimum absolute atomic E-state index is 0.977. The average Bonchev–Trinajstić information content (AvgIpc) is 1.81. The fraction of sp³-hybridized carbons (Fsp3) is 0.714. The molecule has 0 aromatic rings. The van der Waals surface area contributed by atoms with Crippen molar-refractivity contribution in [3.05, 3.63) is 13.0 Å². The predicted molar refractivity (Wildman–Crippen MR) is 35.1 cm³/mol. The Labute approximate surface area is 52.0 Å². The number of rotatable bonds is 5. The minimum Gasteiger partial charge on any atom is -0.379 e. The van der Waals surface area contributed by atoms with Crippen LogP contribution >= 0.6 is 0 Å². The van der Waals surface area contributed by atoms with Crippen LogP contribution in [-0.4, -0.2) is 7.11 Å². The van der Waals surface area contributed by atoms with Crippen molar-refractivity contribution in [1.29, 1.82) is 0 Å². The predicted octanol–water partition coefficient (Wildman–Crippen LogP) is 2.19. The van der Waals surface area contributed by atoms with Crippen molar-refractivity contribution in [1.82, 2.24) is 0 Å². The van der Waals surface area contributed by atoms with Gasteiger partial charge in [-0.15, -0.1) is 0 Å². The van der Waals surface area contributed by atoms with Crippen molar-refractivity contribution in [2.24, 2.45) is 0 Å². The molecule has 0 rings (SSSR count). The Morgan fingerprint density at radius 1 is 1.50 bits per heavy atom. The summed E-state index contributed by atoms with van der Waals surface area (Å²) in [7, 11) is 1.68. The summed E-state index contributed by atoms with van der Waals surface area (Å²) in [6, 6.07) is 0. The fourth-order valence-electron chi connectivity index (χ4n) is 0.486. The van der Waals surface area contributed by atoms with Crippen LogP contribution in [0.15, 0.2) is 0 Å². The summed E-state index contributed by atoms with van der Waals surface area (Å²) in [4.78, 5) is 0. The second kappa shape index (κ2) is 6.96. The van der Waals surface area contributed by atoms with Crippen LogP contribution < -0.4 is 0 Å². The summed E-state index contributed by atoms with van der Waals surface area (Å²) in [5, 5.41) is 0. The van der Waals surface area contributed by atoms with Crippen molar-refractivity contribution >= 4 is 0 Å². The van der Waals surface area contributed by atoms with Gasteiger partial charge in [-0.25, -0.2) is 0 Å². The molecule has 0 saturated carbocycles. The van der Waals surface area contributed by atoms with Gasteiger partial charge in [-0.1, -0.05) is 19.8 Å². The van der Waals surface area contributed by atoms with Gasteiger partial charge in [-0.3, -0.25) is 0 Å². The third kappa shape index (κ3) is 5.96. The maximum absolute atomic E-state index is 4.73. The molecule has 0 fully saturated rings. The Kier molecular flexibility index (Phi) is 6.93. The van der Waals surface area contributed by atoms with Gasteiger partial charge in [-0.2, -0.15) is 0 Å². The van der Waals surface area contributed by atoms with E-state index in [1.165, 1.54) is 12.8 Å². The maximum Gasteiger partial charge on any atom is 0.0835 e. The normalized spacial score (nSPS) is 9.75. The van der Waals surface area contributed by atoms with E-state index in [1.807, 2.05) is 0 Å². The Hall–Kier alpha value is -0.0400. The second-order valence-corrected chi connectivity index (χ2v) is 1.72. The molecule has 0 saturated heterocycles. The summed E-state index contributed by atoms with van der Waals surface area (Å²) in [6.07, 6.45) is 5.62. The Balaban J connectivity index is 2.53. The van der Waals surface area contributed by atoms with Crippen molar-refractivity contribution in [3.8, 4) is 0 Å². The highest BCUT2D eigenvalue weighted by Crippen LogP contribution is 1.98. The molecule has 0 heterocycles. The van der Waals surface area contributed by atoms with Crippen LogP contribution in [0.25, 0.3) is 0 Å². The van der Waals surface area contributed by atoms with Crippen LogP contribution in [0.1, 0.15) is 26.2 Å². The molecule has 48 valence electrons. The molecule has 1 heteroatoms. The van der Waals surface area contributed by atoms with E-state index in [0.717, 1.165) is 6.42 Å². The SMILES string of the molecule is CCC[CH]C[CH]OC. The second-order valence-electron chi connectivity index (χ2n) is 1.72. The molecule has 0 amide bonds. The Morgan fingerprint density at radius 3 is 2.75 bits per heavy atom. The van der Waals surface area contributed by atoms with E-state index in [-0.39, 0.29) is 0 Å². The Morgan fingerprint density at radius 2 is 2.25 bits per heavy atom. The summed E-state index contributed by atoms with van der Waals surface area (Å²) < 4.78 is 4.73. The van der Waals surface area contributed by atoms with Crippen molar-refractivity contribution in [2.75, 3.05) is 7.11 Å². The monoisotopic (exact) mass is 114 g/mol. The molecule has 0 aromatic carbocycles. The molecule has 0 aliphatic heterocycles. The van der Waals surface area contributed by atoms with Crippen LogP contribution in [0.3, 0.4) is 0 Å². The van der Waals surface area contributed by atoms with E-state index in [4.69, 9.17) is 4.74 Å². The van der Waals surface area contributed by atoms with Crippen LogP contribution in [0.2, 0.25) is 0 Å². The molecule has 0 atom stereocenters. The number of hydrogen-bond acceptors (Lipinski definition) is 1. The summed E-state index contributed by atoms with van der Waals surface area (Å²) >= 11 is 0. The smallest absolute Gasteiger partial charge is 0.0835 e. The third-order valence-corrected chi connectivity index (χ3v) is 0.922. The van der Waals surface area contributed by atoms with Gasteiger partial charge in [0, 0.05) is 7.11 Å². The zero-order chi connectivity index (χ0) is 6.24. The first-order valence-corrected chi connectivity index (χ1v) is 3.08. The lowest BCUT2D eigenvalue weighted by molar-refractivity contribution is 0.270. The van der Waals surface area contributed by atoms with Gasteiger partial charge in [0.2, 0.25) is 0 Å². The third-order valence-electron chi connectivity index (χ3n) is 0.922. The molecule has 0 aliphatic rings. The molecule has 0 N–H and O–H groups in total. The van der Waals surface area contributed by atoms with Gasteiger partial charge in [0.15, 0.2) is 0 Å². The van der Waals surface area contributed by atoms with Gasteiger partial charge in [-0.05, 0) is 12.8 Å². The van der Waals surface area contributed by atoms with Gasteiger partial charge in [0.05, 0.1) is 6.61 Å². The molecule has 0 unspecified atom stereocenters. The van der Waals surface area contributed by atoms with Crippen molar-refractivity contribution < 1.29 is 4.74 Å². The van der Waals surface area contributed by atoms with E-state index < -0.39 is 0 Å². The molecular weight excluding hydrogens is 100 g/mol. The number of methoxy groups -OCH3 is 1. The molecule has 2 radical (unpaired) electrons. The lowest BCUT2D eigenvalue weighted by Crippen LogP contribution is -1.80. The van der Waals surface area contributed by atoms with Gasteiger partial charge in [0.1, 0.15) is 0 Å². The molecule has 0 aliphatic carbocycles. The largest absolute Gasteiger partial charge is 0.379 e. The zero-order valence-corrected chi connectivity index (χ0v) is 5.68. The standard InChI is InChI=1S/C7H14O/c1-3-4-5-6-7-8-2/h5,7H,3-4,6H2,1-2H3. The summed E-state index contributed by atoms with van der Waals surface area (Å²) in [6.45, 7) is 3.97.